The van der Waals surface area contributed by atoms with Crippen molar-refractivity contribution in [2.24, 2.45) is 5.73 Å². The van der Waals surface area contributed by atoms with Gasteiger partial charge in [0.2, 0.25) is 5.91 Å². The molecule has 0 aliphatic carbocycles. The third-order valence-corrected chi connectivity index (χ3v) is 7.04. The number of carbonyl (C=O) groups is 2. The largest absolute Gasteiger partial charge is 0.365 e. The molecule has 172 valence electrons. The number of nitrogens with zero attached hydrogens (tertiary/aromatic N) is 4. The molecule has 3 aliphatic heterocycles. The van der Waals surface area contributed by atoms with Crippen LogP contribution in [-0.4, -0.2) is 71.4 Å². The van der Waals surface area contributed by atoms with Gasteiger partial charge in [-0.3, -0.25) is 9.59 Å². The third kappa shape index (κ3) is 4.18. The maximum Gasteiger partial charge on any atom is 0.252 e. The number of likely N-dealkylation sites (tertiary alicyclic amines) is 2. The fourth-order valence-electron chi connectivity index (χ4n) is 4.98. The Labute approximate surface area is 194 Å². The van der Waals surface area contributed by atoms with Crippen LogP contribution in [0.2, 0.25) is 0 Å². The van der Waals surface area contributed by atoms with Gasteiger partial charge in [0.1, 0.15) is 11.6 Å². The number of nitrogens with two attached hydrogens (primary N) is 1. The van der Waals surface area contributed by atoms with Crippen molar-refractivity contribution in [3.8, 4) is 0 Å². The van der Waals surface area contributed by atoms with Crippen LogP contribution >= 0.6 is 0 Å². The van der Waals surface area contributed by atoms with Gasteiger partial charge in [0.05, 0.1) is 17.6 Å². The van der Waals surface area contributed by atoms with Gasteiger partial charge in [0.25, 0.3) is 5.91 Å². The Morgan fingerprint density at radius 3 is 2.48 bits per heavy atom. The lowest BCUT2D eigenvalue weighted by molar-refractivity contribution is -0.138. The van der Waals surface area contributed by atoms with Crippen LogP contribution in [0.1, 0.15) is 28.8 Å². The highest BCUT2D eigenvalue weighted by Gasteiger charge is 2.53. The molecule has 4 heterocycles. The smallest absolute Gasteiger partial charge is 0.252 e. The van der Waals surface area contributed by atoms with Gasteiger partial charge in [0.15, 0.2) is 0 Å². The van der Waals surface area contributed by atoms with Crippen molar-refractivity contribution in [3.63, 3.8) is 0 Å². The zero-order valence-corrected chi connectivity index (χ0v) is 18.7. The Hall–Kier alpha value is -3.39. The molecular formula is C25H30N6O2. The van der Waals surface area contributed by atoms with Gasteiger partial charge in [0, 0.05) is 25.3 Å². The number of piperazine rings is 1. The molecule has 0 saturated carbocycles. The molecule has 5 rings (SSSR count). The number of pyridine rings is 1. The number of carbonyl (C=O) groups excluding carboxylic acids is 2. The van der Waals surface area contributed by atoms with Gasteiger partial charge in [-0.1, -0.05) is 18.7 Å². The topological polar surface area (TPSA) is 94.8 Å². The van der Waals surface area contributed by atoms with E-state index in [1.54, 1.807) is 6.07 Å². The van der Waals surface area contributed by atoms with E-state index in [9.17, 15) is 9.59 Å². The molecule has 3 fully saturated rings. The highest BCUT2D eigenvalue weighted by molar-refractivity contribution is 5.98. The molecule has 0 spiro atoms. The lowest BCUT2D eigenvalue weighted by Crippen LogP contribution is -2.80. The molecule has 3 aliphatic rings. The summed E-state index contributed by atoms with van der Waals surface area (Å²) in [5, 5.41) is 3.28. The second-order valence-corrected chi connectivity index (χ2v) is 9.03. The zero-order chi connectivity index (χ0) is 22.9. The quantitative estimate of drug-likeness (QED) is 0.604. The van der Waals surface area contributed by atoms with E-state index >= 15 is 0 Å². The van der Waals surface area contributed by atoms with E-state index in [2.05, 4.69) is 33.8 Å². The summed E-state index contributed by atoms with van der Waals surface area (Å²) in [4.78, 5) is 35.1. The summed E-state index contributed by atoms with van der Waals surface area (Å²) < 4.78 is 0. The van der Waals surface area contributed by atoms with E-state index in [0.717, 1.165) is 31.0 Å². The number of primary amides is 1. The molecule has 8 nitrogen and oxygen atoms in total. The van der Waals surface area contributed by atoms with Crippen LogP contribution in [0.4, 0.5) is 17.3 Å². The third-order valence-electron chi connectivity index (χ3n) is 7.04. The number of aromatic nitrogens is 1. The first-order chi connectivity index (χ1) is 16.0. The molecule has 3 N–H and O–H groups in total. The number of anilines is 3. The van der Waals surface area contributed by atoms with Crippen molar-refractivity contribution in [1.29, 1.82) is 0 Å². The van der Waals surface area contributed by atoms with E-state index in [-0.39, 0.29) is 18.0 Å². The van der Waals surface area contributed by atoms with Crippen molar-refractivity contribution in [2.75, 3.05) is 42.9 Å². The minimum Gasteiger partial charge on any atom is -0.365 e. The standard InChI is InChI=1S/C25H30N6O2/c1-2-23(32)31-16-20-21(31)15-30(20)22-10-9-19(24(26)33)25(28-22)27-18-7-5-17(6-8-18)11-14-29-12-3-4-13-29/h2,5-10,20-21H,1,3-4,11-16H2,(H2,26,33)(H,27,28)/t20?,21-/m1/s1. The molecule has 1 aromatic carbocycles. The average Bonchev–Trinajstić information content (AvgIpc) is 3.33. The summed E-state index contributed by atoms with van der Waals surface area (Å²) in [5.41, 5.74) is 8.11. The van der Waals surface area contributed by atoms with Gasteiger partial charge in [-0.2, -0.15) is 0 Å². The maximum absolute atomic E-state index is 12.0. The summed E-state index contributed by atoms with van der Waals surface area (Å²) in [7, 11) is 0. The van der Waals surface area contributed by atoms with Crippen molar-refractivity contribution >= 4 is 29.1 Å². The first kappa shape index (κ1) is 21.5. The second-order valence-electron chi connectivity index (χ2n) is 9.03. The van der Waals surface area contributed by atoms with Crippen molar-refractivity contribution < 1.29 is 9.59 Å². The predicted molar refractivity (Wildman–Crippen MR) is 129 cm³/mol. The van der Waals surface area contributed by atoms with Gasteiger partial charge in [-0.05, 0) is 68.3 Å². The van der Waals surface area contributed by atoms with Crippen molar-refractivity contribution in [3.05, 3.63) is 60.2 Å². The number of benzene rings is 1. The fourth-order valence-corrected chi connectivity index (χ4v) is 4.98. The molecule has 3 saturated heterocycles. The van der Waals surface area contributed by atoms with Gasteiger partial charge >= 0.3 is 0 Å². The Bertz CT molecular complexity index is 1060. The molecule has 8 heteroatoms. The lowest BCUT2D eigenvalue weighted by Gasteiger charge is -2.62. The van der Waals surface area contributed by atoms with Crippen LogP contribution in [0, 0.1) is 0 Å². The van der Waals surface area contributed by atoms with E-state index in [1.807, 2.05) is 23.1 Å². The number of hydrogen-bond donors (Lipinski definition) is 2. The highest BCUT2D eigenvalue weighted by atomic mass is 16.2. The molecule has 1 unspecified atom stereocenters. The summed E-state index contributed by atoms with van der Waals surface area (Å²) in [6.45, 7) is 8.46. The fraction of sp³-hybridized carbons (Fsp3) is 0.400. The van der Waals surface area contributed by atoms with Crippen LogP contribution in [0.5, 0.6) is 0 Å². The summed E-state index contributed by atoms with van der Waals surface area (Å²) in [6, 6.07) is 12.3. The first-order valence-electron chi connectivity index (χ1n) is 11.6. The summed E-state index contributed by atoms with van der Waals surface area (Å²) in [5.74, 6) is 0.675. The molecule has 2 atom stereocenters. The number of hydrogen-bond acceptors (Lipinski definition) is 6. The van der Waals surface area contributed by atoms with E-state index in [1.165, 1.54) is 37.6 Å². The monoisotopic (exact) mass is 446 g/mol. The Balaban J connectivity index is 1.26. The van der Waals surface area contributed by atoms with Crippen LogP contribution in [0.25, 0.3) is 0 Å². The average molecular weight is 447 g/mol. The first-order valence-corrected chi connectivity index (χ1v) is 11.6. The highest BCUT2D eigenvalue weighted by Crippen LogP contribution is 2.37. The molecule has 0 radical (unpaired) electrons. The van der Waals surface area contributed by atoms with Gasteiger partial charge < -0.3 is 25.8 Å². The van der Waals surface area contributed by atoms with Crippen molar-refractivity contribution in [1.82, 2.24) is 14.8 Å². The van der Waals surface area contributed by atoms with Gasteiger partial charge in [-0.15, -0.1) is 0 Å². The molecule has 1 aromatic heterocycles. The van der Waals surface area contributed by atoms with Crippen LogP contribution < -0.4 is 16.0 Å². The molecule has 2 amide bonds. The Kier molecular flexibility index (Phi) is 5.76. The van der Waals surface area contributed by atoms with Crippen molar-refractivity contribution in [2.45, 2.75) is 31.3 Å². The second kappa shape index (κ2) is 8.86. The molecule has 2 aromatic rings. The summed E-state index contributed by atoms with van der Waals surface area (Å²) in [6.07, 6.45) is 5.00. The summed E-state index contributed by atoms with van der Waals surface area (Å²) >= 11 is 0. The zero-order valence-electron chi connectivity index (χ0n) is 18.7. The SMILES string of the molecule is C=CC(=O)N1CC2[C@H]1CN2c1ccc(C(N)=O)c(Nc2ccc(CCN3CCCC3)cc2)n1. The van der Waals surface area contributed by atoms with Crippen LogP contribution in [-0.2, 0) is 11.2 Å². The lowest BCUT2D eigenvalue weighted by atomic mass is 9.85. The van der Waals surface area contributed by atoms with E-state index < -0.39 is 5.91 Å². The molecular weight excluding hydrogens is 416 g/mol. The normalized spacial score (nSPS) is 21.7. The number of rotatable bonds is 8. The van der Waals surface area contributed by atoms with Gasteiger partial charge in [-0.25, -0.2) is 4.98 Å². The van der Waals surface area contributed by atoms with Crippen LogP contribution in [0.15, 0.2) is 49.1 Å². The minimum absolute atomic E-state index is 0.0285. The van der Waals surface area contributed by atoms with E-state index in [4.69, 9.17) is 10.7 Å². The predicted octanol–water partition coefficient (Wildman–Crippen LogP) is 2.15. The number of amides is 2. The molecule has 33 heavy (non-hydrogen) atoms. The van der Waals surface area contributed by atoms with E-state index in [0.29, 0.717) is 17.9 Å². The number of nitrogens with one attached hydrogen (secondary N) is 1. The number of fused-ring (bicyclic) bond motifs is 1. The Morgan fingerprint density at radius 2 is 1.85 bits per heavy atom. The molecule has 0 bridgehead atoms. The Morgan fingerprint density at radius 1 is 1.09 bits per heavy atom. The van der Waals surface area contributed by atoms with Crippen LogP contribution in [0.3, 0.4) is 0 Å². The maximum atomic E-state index is 12.0. The minimum atomic E-state index is -0.522.